The van der Waals surface area contributed by atoms with Crippen molar-refractivity contribution in [3.8, 4) is 17.1 Å². The molecule has 2 aliphatic carbocycles. The van der Waals surface area contributed by atoms with E-state index >= 15 is 4.39 Å². The number of halogens is 2. The first kappa shape index (κ1) is 27.7. The second-order valence-electron chi connectivity index (χ2n) is 12.3. The molecule has 7 rings (SSSR count). The molecule has 10 heteroatoms. The highest BCUT2D eigenvalue weighted by atomic mass is 19.1. The van der Waals surface area contributed by atoms with Crippen LogP contribution in [0.15, 0.2) is 42.7 Å². The Balaban J connectivity index is 1.29. The predicted molar refractivity (Wildman–Crippen MR) is 160 cm³/mol. The summed E-state index contributed by atoms with van der Waals surface area (Å²) in [5.41, 5.74) is 4.58. The largest absolute Gasteiger partial charge is 0.462 e. The quantitative estimate of drug-likeness (QED) is 0.288. The van der Waals surface area contributed by atoms with Crippen LogP contribution >= 0.6 is 0 Å². The van der Waals surface area contributed by atoms with Crippen LogP contribution in [0.25, 0.3) is 26.9 Å². The van der Waals surface area contributed by atoms with Gasteiger partial charge in [0.2, 0.25) is 6.54 Å². The summed E-state index contributed by atoms with van der Waals surface area (Å²) in [6.07, 6.45) is 4.35. The molecule has 4 atom stereocenters. The average Bonchev–Trinajstić information content (AvgIpc) is 3.47. The van der Waals surface area contributed by atoms with Crippen molar-refractivity contribution >= 4 is 22.6 Å². The van der Waals surface area contributed by atoms with Gasteiger partial charge in [-0.2, -0.15) is 9.97 Å². The standard InChI is InChI=1S/C33H34F2N6O2/c1-19(34)32(42)41-11-10-40(17-23(41)16-36-2)31-27-14-28(35)26(24-8-4-6-20-12-21-13-25(21)30(20)24)15-29(27)37-33(38-31)43-18-22-7-5-9-39(22)3/h4,6,8,14-15,21-23,25H,1,5,7,9-13,16-18H2,3H3/t21?,22-,23-,25?/m0/s1. The molecule has 222 valence electrons. The maximum Gasteiger partial charge on any atom is 0.319 e. The number of fused-ring (bicyclic) bond motifs is 4. The van der Waals surface area contributed by atoms with Crippen molar-refractivity contribution < 1.29 is 18.3 Å². The van der Waals surface area contributed by atoms with Gasteiger partial charge in [-0.05, 0) is 79.9 Å². The minimum atomic E-state index is -1.05. The first-order valence-corrected chi connectivity index (χ1v) is 15.0. The molecule has 1 amide bonds. The third kappa shape index (κ3) is 4.99. The lowest BCUT2D eigenvalue weighted by Gasteiger charge is -2.39. The van der Waals surface area contributed by atoms with Gasteiger partial charge in [0, 0.05) is 36.6 Å². The number of likely N-dealkylation sites (tertiary alicyclic amines) is 1. The Labute approximate surface area is 249 Å². The Morgan fingerprint density at radius 1 is 1.19 bits per heavy atom. The van der Waals surface area contributed by atoms with Gasteiger partial charge < -0.3 is 24.3 Å². The van der Waals surface area contributed by atoms with E-state index in [1.807, 2.05) is 17.0 Å². The molecule has 2 saturated heterocycles. The molecule has 2 unspecified atom stereocenters. The first-order valence-electron chi connectivity index (χ1n) is 15.0. The van der Waals surface area contributed by atoms with Crippen LogP contribution < -0.4 is 9.64 Å². The van der Waals surface area contributed by atoms with E-state index in [2.05, 4.69) is 29.4 Å². The molecule has 3 aromatic rings. The van der Waals surface area contributed by atoms with Crippen LogP contribution in [-0.4, -0.2) is 84.1 Å². The summed E-state index contributed by atoms with van der Waals surface area (Å²) >= 11 is 0. The molecule has 43 heavy (non-hydrogen) atoms. The van der Waals surface area contributed by atoms with Gasteiger partial charge in [-0.25, -0.2) is 15.4 Å². The van der Waals surface area contributed by atoms with Gasteiger partial charge in [-0.15, -0.1) is 0 Å². The molecule has 3 fully saturated rings. The van der Waals surface area contributed by atoms with Crippen LogP contribution in [0.3, 0.4) is 0 Å². The Bertz CT molecular complexity index is 1670. The van der Waals surface area contributed by atoms with Crippen LogP contribution in [0.1, 0.15) is 36.3 Å². The molecule has 2 aromatic carbocycles. The number of aromatic nitrogens is 2. The van der Waals surface area contributed by atoms with Gasteiger partial charge >= 0.3 is 6.01 Å². The van der Waals surface area contributed by atoms with Crippen molar-refractivity contribution in [1.82, 2.24) is 19.8 Å². The highest BCUT2D eigenvalue weighted by Crippen LogP contribution is 2.58. The molecule has 0 radical (unpaired) electrons. The Hall–Kier alpha value is -4.10. The van der Waals surface area contributed by atoms with E-state index in [4.69, 9.17) is 21.3 Å². The molecule has 3 heterocycles. The molecule has 0 spiro atoms. The van der Waals surface area contributed by atoms with E-state index in [0.29, 0.717) is 47.3 Å². The molecule has 1 saturated carbocycles. The monoisotopic (exact) mass is 584 g/mol. The fourth-order valence-electron chi connectivity index (χ4n) is 7.29. The fourth-order valence-corrected chi connectivity index (χ4v) is 7.29. The van der Waals surface area contributed by atoms with Crippen molar-refractivity contribution in [2.75, 3.05) is 51.3 Å². The van der Waals surface area contributed by atoms with Crippen LogP contribution in [0.4, 0.5) is 14.6 Å². The zero-order chi connectivity index (χ0) is 29.8. The molecular weight excluding hydrogens is 550 g/mol. The summed E-state index contributed by atoms with van der Waals surface area (Å²) in [5, 5.41) is 0.527. The molecular formula is C33H34F2N6O2. The van der Waals surface area contributed by atoms with Crippen molar-refractivity contribution in [2.45, 2.75) is 43.7 Å². The first-order chi connectivity index (χ1) is 20.8. The number of rotatable bonds is 7. The number of nitrogens with zero attached hydrogens (tertiary/aromatic N) is 6. The third-order valence-corrected chi connectivity index (χ3v) is 9.66. The number of anilines is 1. The maximum atomic E-state index is 16.1. The summed E-state index contributed by atoms with van der Waals surface area (Å²) in [4.78, 5) is 31.1. The topological polar surface area (TPSA) is 66.2 Å². The molecule has 4 aliphatic rings. The fraction of sp³-hybridized carbons (Fsp3) is 0.455. The van der Waals surface area contributed by atoms with Gasteiger partial charge in [0.1, 0.15) is 24.3 Å². The number of amides is 1. The van der Waals surface area contributed by atoms with E-state index in [1.165, 1.54) is 22.1 Å². The average molecular weight is 585 g/mol. The van der Waals surface area contributed by atoms with Gasteiger partial charge in [-0.1, -0.05) is 24.8 Å². The minimum Gasteiger partial charge on any atom is -0.462 e. The smallest absolute Gasteiger partial charge is 0.319 e. The lowest BCUT2D eigenvalue weighted by Crippen LogP contribution is -2.56. The maximum absolute atomic E-state index is 16.1. The normalized spacial score (nSPS) is 24.5. The number of carbonyl (C=O) groups is 1. The van der Waals surface area contributed by atoms with Crippen molar-refractivity contribution in [3.05, 3.63) is 71.1 Å². The zero-order valence-electron chi connectivity index (χ0n) is 24.2. The number of ether oxygens (including phenoxy) is 1. The lowest BCUT2D eigenvalue weighted by atomic mass is 9.93. The number of carbonyl (C=O) groups excluding carboxylic acids is 1. The van der Waals surface area contributed by atoms with E-state index in [0.717, 1.165) is 37.8 Å². The summed E-state index contributed by atoms with van der Waals surface area (Å²) < 4.78 is 36.0. The highest BCUT2D eigenvalue weighted by molar-refractivity contribution is 5.94. The van der Waals surface area contributed by atoms with E-state index in [9.17, 15) is 9.18 Å². The van der Waals surface area contributed by atoms with Gasteiger partial charge in [0.25, 0.3) is 5.91 Å². The number of hydrogen-bond acceptors (Lipinski definition) is 6. The number of hydrogen-bond donors (Lipinski definition) is 0. The van der Waals surface area contributed by atoms with Crippen LogP contribution in [0.5, 0.6) is 6.01 Å². The number of benzene rings is 2. The Morgan fingerprint density at radius 2 is 2.05 bits per heavy atom. The molecule has 0 bridgehead atoms. The SMILES string of the molecule is [C-]#[N+]C[C@H]1CN(c2nc(OC[C@@H]3CCCN3C)nc3cc(-c4cccc5c4C4CC4C5)c(F)cc23)CCN1C(=O)C(=C)F. The van der Waals surface area contributed by atoms with E-state index in [-0.39, 0.29) is 37.5 Å². The van der Waals surface area contributed by atoms with Crippen molar-refractivity contribution in [2.24, 2.45) is 5.92 Å². The molecule has 2 aliphatic heterocycles. The lowest BCUT2D eigenvalue weighted by molar-refractivity contribution is -0.131. The summed E-state index contributed by atoms with van der Waals surface area (Å²) in [6, 6.07) is 9.36. The number of likely N-dealkylation sites (N-methyl/N-ethyl adjacent to an activating group) is 1. The van der Waals surface area contributed by atoms with Gasteiger partial charge in [0.15, 0.2) is 5.83 Å². The van der Waals surface area contributed by atoms with E-state index in [1.54, 1.807) is 6.07 Å². The summed E-state index contributed by atoms with van der Waals surface area (Å²) in [7, 11) is 2.08. The molecule has 0 N–H and O–H groups in total. The van der Waals surface area contributed by atoms with Crippen molar-refractivity contribution in [3.63, 3.8) is 0 Å². The van der Waals surface area contributed by atoms with Gasteiger partial charge in [0.05, 0.1) is 5.52 Å². The van der Waals surface area contributed by atoms with Crippen LogP contribution in [0, 0.1) is 18.3 Å². The highest BCUT2D eigenvalue weighted by Gasteiger charge is 2.46. The second-order valence-corrected chi connectivity index (χ2v) is 12.3. The summed E-state index contributed by atoms with van der Waals surface area (Å²) in [5.74, 6) is -0.560. The van der Waals surface area contributed by atoms with Gasteiger partial charge in [-0.3, -0.25) is 4.79 Å². The van der Waals surface area contributed by atoms with Crippen LogP contribution in [-0.2, 0) is 11.2 Å². The Morgan fingerprint density at radius 3 is 2.81 bits per heavy atom. The Kier molecular flexibility index (Phi) is 7.01. The van der Waals surface area contributed by atoms with Crippen molar-refractivity contribution in [1.29, 1.82) is 0 Å². The minimum absolute atomic E-state index is 0.00427. The van der Waals surface area contributed by atoms with E-state index < -0.39 is 17.8 Å². The third-order valence-electron chi connectivity index (χ3n) is 9.66. The molecule has 8 nitrogen and oxygen atoms in total. The zero-order valence-corrected chi connectivity index (χ0v) is 24.2. The second kappa shape index (κ2) is 10.9. The molecule has 1 aromatic heterocycles. The number of piperazine rings is 1. The predicted octanol–water partition coefficient (Wildman–Crippen LogP) is 4.99. The van der Waals surface area contributed by atoms with Crippen LogP contribution in [0.2, 0.25) is 0 Å². The summed E-state index contributed by atoms with van der Waals surface area (Å²) in [6.45, 7) is 12.8.